The number of carbonyl (C=O) groups is 2. The van der Waals surface area contributed by atoms with E-state index in [0.717, 1.165) is 5.56 Å². The Balaban J connectivity index is 2.53. The van der Waals surface area contributed by atoms with Crippen LogP contribution in [0.5, 0.6) is 5.75 Å². The Kier molecular flexibility index (Phi) is 4.09. The Labute approximate surface area is 118 Å². The van der Waals surface area contributed by atoms with Crippen LogP contribution in [0.15, 0.2) is 18.2 Å². The van der Waals surface area contributed by atoms with Crippen LogP contribution in [0.1, 0.15) is 32.8 Å². The van der Waals surface area contributed by atoms with Gasteiger partial charge in [0, 0.05) is 6.54 Å². The van der Waals surface area contributed by atoms with Gasteiger partial charge in [0.05, 0.1) is 11.7 Å². The summed E-state index contributed by atoms with van der Waals surface area (Å²) in [6.07, 6.45) is 0.0333. The molecule has 0 radical (unpaired) electrons. The van der Waals surface area contributed by atoms with Crippen LogP contribution in [0.25, 0.3) is 0 Å². The highest BCUT2D eigenvalue weighted by atomic mass is 16.5. The number of Topliss-reactive ketones (excluding diaryl/α,β-unsaturated/α-hetero) is 1. The maximum absolute atomic E-state index is 12.5. The Hall–Kier alpha value is -1.88. The van der Waals surface area contributed by atoms with Crippen LogP contribution >= 0.6 is 0 Å². The number of nitrogens with two attached hydrogens (primary N) is 1. The molecule has 2 unspecified atom stereocenters. The van der Waals surface area contributed by atoms with E-state index in [2.05, 4.69) is 0 Å². The lowest BCUT2D eigenvalue weighted by Crippen LogP contribution is -2.51. The maximum atomic E-state index is 12.5. The van der Waals surface area contributed by atoms with E-state index in [4.69, 9.17) is 10.5 Å². The summed E-state index contributed by atoms with van der Waals surface area (Å²) in [5.41, 5.74) is 7.17. The van der Waals surface area contributed by atoms with E-state index in [1.165, 1.54) is 11.8 Å². The molecular weight excluding hydrogens is 256 g/mol. The molecule has 5 nitrogen and oxygen atoms in total. The summed E-state index contributed by atoms with van der Waals surface area (Å²) < 4.78 is 5.71. The first kappa shape index (κ1) is 14.5. The predicted octanol–water partition coefficient (Wildman–Crippen LogP) is 1.63. The van der Waals surface area contributed by atoms with Crippen molar-refractivity contribution in [1.82, 2.24) is 0 Å². The molecule has 0 saturated carbocycles. The van der Waals surface area contributed by atoms with Crippen LogP contribution in [0.3, 0.4) is 0 Å². The minimum absolute atomic E-state index is 0.0563. The second-order valence-electron chi connectivity index (χ2n) is 5.02. The van der Waals surface area contributed by atoms with Gasteiger partial charge in [0.25, 0.3) is 5.91 Å². The summed E-state index contributed by atoms with van der Waals surface area (Å²) in [7, 11) is 0. The zero-order valence-electron chi connectivity index (χ0n) is 12.1. The highest BCUT2D eigenvalue weighted by molar-refractivity contribution is 6.05. The smallest absolute Gasteiger partial charge is 0.268 e. The molecule has 1 amide bonds. The van der Waals surface area contributed by atoms with Crippen LogP contribution in [0.4, 0.5) is 5.69 Å². The summed E-state index contributed by atoms with van der Waals surface area (Å²) in [4.78, 5) is 25.7. The van der Waals surface area contributed by atoms with Crippen molar-refractivity contribution in [3.05, 3.63) is 23.8 Å². The van der Waals surface area contributed by atoms with E-state index in [9.17, 15) is 9.59 Å². The molecule has 20 heavy (non-hydrogen) atoms. The molecule has 1 aliphatic rings. The zero-order valence-corrected chi connectivity index (χ0v) is 12.1. The molecule has 2 N–H and O–H groups in total. The molecule has 1 aromatic carbocycles. The van der Waals surface area contributed by atoms with Crippen molar-refractivity contribution in [2.75, 3.05) is 4.90 Å². The van der Waals surface area contributed by atoms with Gasteiger partial charge in [0.2, 0.25) is 0 Å². The van der Waals surface area contributed by atoms with Crippen molar-refractivity contribution in [3.63, 3.8) is 0 Å². The van der Waals surface area contributed by atoms with Gasteiger partial charge in [0.15, 0.2) is 11.9 Å². The lowest BCUT2D eigenvalue weighted by atomic mass is 10.0. The number of hydrogen-bond acceptors (Lipinski definition) is 4. The lowest BCUT2D eigenvalue weighted by Gasteiger charge is -2.37. The summed E-state index contributed by atoms with van der Waals surface area (Å²) in [5, 5.41) is 0. The summed E-state index contributed by atoms with van der Waals surface area (Å²) in [6.45, 7) is 5.48. The van der Waals surface area contributed by atoms with Crippen molar-refractivity contribution in [3.8, 4) is 5.75 Å². The Morgan fingerprint density at radius 3 is 2.75 bits per heavy atom. The van der Waals surface area contributed by atoms with E-state index in [1.54, 1.807) is 6.92 Å². The van der Waals surface area contributed by atoms with Gasteiger partial charge >= 0.3 is 0 Å². The number of benzene rings is 1. The van der Waals surface area contributed by atoms with Gasteiger partial charge in [0.1, 0.15) is 5.75 Å². The average Bonchev–Trinajstić information content (AvgIpc) is 2.45. The van der Waals surface area contributed by atoms with Gasteiger partial charge in [-0.05, 0) is 38.0 Å². The first-order valence-electron chi connectivity index (χ1n) is 6.82. The van der Waals surface area contributed by atoms with Crippen LogP contribution in [0, 0.1) is 0 Å². The van der Waals surface area contributed by atoms with Crippen LogP contribution in [-0.2, 0) is 16.1 Å². The standard InChI is InChI=1S/C15H20N2O3/c1-4-13-15(19)17(9(2)10(3)18)12-7-11(8-16)5-6-14(12)20-13/h5-7,9,13H,4,8,16H2,1-3H3. The van der Waals surface area contributed by atoms with E-state index >= 15 is 0 Å². The summed E-state index contributed by atoms with van der Waals surface area (Å²) in [5.74, 6) is 0.401. The predicted molar refractivity (Wildman–Crippen MR) is 76.7 cm³/mol. The highest BCUT2D eigenvalue weighted by Gasteiger charge is 2.37. The highest BCUT2D eigenvalue weighted by Crippen LogP contribution is 2.36. The Bertz CT molecular complexity index is 542. The molecule has 0 fully saturated rings. The second-order valence-corrected chi connectivity index (χ2v) is 5.02. The molecule has 108 valence electrons. The minimum atomic E-state index is -0.534. The molecule has 2 atom stereocenters. The van der Waals surface area contributed by atoms with Crippen molar-refractivity contribution in [2.45, 2.75) is 45.9 Å². The van der Waals surface area contributed by atoms with Crippen molar-refractivity contribution < 1.29 is 14.3 Å². The van der Waals surface area contributed by atoms with E-state index in [0.29, 0.717) is 24.4 Å². The Morgan fingerprint density at radius 1 is 1.50 bits per heavy atom. The summed E-state index contributed by atoms with van der Waals surface area (Å²) >= 11 is 0. The third-order valence-corrected chi connectivity index (χ3v) is 3.65. The van der Waals surface area contributed by atoms with Crippen LogP contribution < -0.4 is 15.4 Å². The molecule has 5 heteroatoms. The van der Waals surface area contributed by atoms with Gasteiger partial charge in [-0.2, -0.15) is 0 Å². The first-order valence-corrected chi connectivity index (χ1v) is 6.82. The molecule has 0 saturated heterocycles. The van der Waals surface area contributed by atoms with E-state index in [1.807, 2.05) is 25.1 Å². The molecule has 0 aliphatic carbocycles. The fourth-order valence-electron chi connectivity index (χ4n) is 2.29. The fraction of sp³-hybridized carbons (Fsp3) is 0.467. The fourth-order valence-corrected chi connectivity index (χ4v) is 2.29. The zero-order chi connectivity index (χ0) is 14.9. The molecule has 0 aromatic heterocycles. The SMILES string of the molecule is CCC1Oc2ccc(CN)cc2N(C(C)C(C)=O)C1=O. The number of amides is 1. The number of carbonyl (C=O) groups excluding carboxylic acids is 2. The lowest BCUT2D eigenvalue weighted by molar-refractivity contribution is -0.129. The molecule has 1 heterocycles. The van der Waals surface area contributed by atoms with Gasteiger partial charge in [-0.1, -0.05) is 13.0 Å². The van der Waals surface area contributed by atoms with Crippen molar-refractivity contribution >= 4 is 17.4 Å². The molecule has 1 aromatic rings. The third kappa shape index (κ3) is 2.41. The topological polar surface area (TPSA) is 72.6 Å². The van der Waals surface area contributed by atoms with E-state index < -0.39 is 12.1 Å². The molecule has 0 spiro atoms. The third-order valence-electron chi connectivity index (χ3n) is 3.65. The number of anilines is 1. The molecule has 0 bridgehead atoms. The van der Waals surface area contributed by atoms with Crippen LogP contribution in [-0.4, -0.2) is 23.8 Å². The van der Waals surface area contributed by atoms with Gasteiger partial charge in [-0.3, -0.25) is 14.5 Å². The van der Waals surface area contributed by atoms with Gasteiger partial charge in [-0.15, -0.1) is 0 Å². The van der Waals surface area contributed by atoms with Crippen molar-refractivity contribution in [1.29, 1.82) is 0 Å². The number of fused-ring (bicyclic) bond motifs is 1. The minimum Gasteiger partial charge on any atom is -0.478 e. The Morgan fingerprint density at radius 2 is 2.20 bits per heavy atom. The largest absolute Gasteiger partial charge is 0.478 e. The van der Waals surface area contributed by atoms with Gasteiger partial charge < -0.3 is 10.5 Å². The maximum Gasteiger partial charge on any atom is 0.268 e. The van der Waals surface area contributed by atoms with Gasteiger partial charge in [-0.25, -0.2) is 0 Å². The first-order chi connectivity index (χ1) is 9.49. The quantitative estimate of drug-likeness (QED) is 0.907. The number of ketones is 1. The molecule has 2 rings (SSSR count). The van der Waals surface area contributed by atoms with Crippen molar-refractivity contribution in [2.24, 2.45) is 5.73 Å². The summed E-state index contributed by atoms with van der Waals surface area (Å²) in [6, 6.07) is 5.00. The van der Waals surface area contributed by atoms with E-state index in [-0.39, 0.29) is 11.7 Å². The number of hydrogen-bond donors (Lipinski definition) is 1. The molecular formula is C15H20N2O3. The second kappa shape index (κ2) is 5.63. The van der Waals surface area contributed by atoms with Crippen LogP contribution in [0.2, 0.25) is 0 Å². The number of rotatable bonds is 4. The number of nitrogens with zero attached hydrogens (tertiary/aromatic N) is 1. The molecule has 1 aliphatic heterocycles. The number of ether oxygens (including phenoxy) is 1. The monoisotopic (exact) mass is 276 g/mol. The normalized spacial score (nSPS) is 19.3. The average molecular weight is 276 g/mol.